The summed E-state index contributed by atoms with van der Waals surface area (Å²) in [6, 6.07) is 11.1. The van der Waals surface area contributed by atoms with E-state index in [4.69, 9.17) is 0 Å². The second kappa shape index (κ2) is 7.77. The zero-order valence-electron chi connectivity index (χ0n) is 14.2. The van der Waals surface area contributed by atoms with Gasteiger partial charge in [0.2, 0.25) is 11.8 Å². The molecule has 1 aliphatic rings. The van der Waals surface area contributed by atoms with Gasteiger partial charge in [-0.1, -0.05) is 6.07 Å². The molecule has 2 amide bonds. The number of nitrogens with zero attached hydrogens (tertiary/aromatic N) is 2. The van der Waals surface area contributed by atoms with Crippen LogP contribution in [0, 0.1) is 15.9 Å². The summed E-state index contributed by atoms with van der Waals surface area (Å²) in [5.74, 6) is -1.00. The number of non-ortho nitro benzene ring substituents is 1. The minimum absolute atomic E-state index is 0.0292. The van der Waals surface area contributed by atoms with Crippen LogP contribution in [-0.4, -0.2) is 29.3 Å². The molecule has 0 aliphatic carbocycles. The fraction of sp³-hybridized carbons (Fsp3) is 0.158. The summed E-state index contributed by atoms with van der Waals surface area (Å²) >= 11 is 0. The summed E-state index contributed by atoms with van der Waals surface area (Å²) in [6.45, 7) is 0.263. The van der Waals surface area contributed by atoms with E-state index in [1.807, 2.05) is 0 Å². The number of hydrogen-bond acceptors (Lipinski definition) is 4. The zero-order valence-corrected chi connectivity index (χ0v) is 14.2. The van der Waals surface area contributed by atoms with Crippen molar-refractivity contribution in [1.29, 1.82) is 0 Å². The van der Waals surface area contributed by atoms with Crippen molar-refractivity contribution >= 4 is 29.3 Å². The molecule has 1 unspecified atom stereocenters. The maximum atomic E-state index is 13.3. The van der Waals surface area contributed by atoms with Crippen molar-refractivity contribution in [3.63, 3.8) is 0 Å². The summed E-state index contributed by atoms with van der Waals surface area (Å²) in [4.78, 5) is 35.7. The molecular weight excluding hydrogens is 353 g/mol. The molecule has 0 aromatic heterocycles. The van der Waals surface area contributed by atoms with E-state index in [2.05, 4.69) is 5.32 Å². The van der Waals surface area contributed by atoms with Crippen molar-refractivity contribution in [1.82, 2.24) is 5.32 Å². The van der Waals surface area contributed by atoms with Gasteiger partial charge in [-0.25, -0.2) is 4.39 Å². The molecule has 1 N–H and O–H groups in total. The summed E-state index contributed by atoms with van der Waals surface area (Å²) in [6.07, 6.45) is 2.96. The Kier molecular flexibility index (Phi) is 5.25. The third-order valence-electron chi connectivity index (χ3n) is 4.12. The van der Waals surface area contributed by atoms with E-state index < -0.39 is 10.7 Å². The Bertz CT molecular complexity index is 911. The molecule has 1 aliphatic heterocycles. The normalized spacial score (nSPS) is 16.7. The summed E-state index contributed by atoms with van der Waals surface area (Å²) in [5, 5.41) is 13.4. The second-order valence-corrected chi connectivity index (χ2v) is 6.08. The number of hydrogen-bond donors (Lipinski definition) is 1. The lowest BCUT2D eigenvalue weighted by Crippen LogP contribution is -2.36. The van der Waals surface area contributed by atoms with Crippen molar-refractivity contribution in [2.75, 3.05) is 11.4 Å². The predicted molar refractivity (Wildman–Crippen MR) is 97.4 cm³/mol. The molecule has 7 nitrogen and oxygen atoms in total. The largest absolute Gasteiger partial charge is 0.347 e. The van der Waals surface area contributed by atoms with Crippen LogP contribution in [0.5, 0.6) is 0 Å². The Hall–Kier alpha value is -3.55. The first-order valence-electron chi connectivity index (χ1n) is 8.21. The van der Waals surface area contributed by atoms with Crippen molar-refractivity contribution in [2.45, 2.75) is 12.5 Å². The van der Waals surface area contributed by atoms with Crippen molar-refractivity contribution < 1.29 is 18.9 Å². The lowest BCUT2D eigenvalue weighted by atomic mass is 10.2. The van der Waals surface area contributed by atoms with E-state index in [-0.39, 0.29) is 36.5 Å². The number of anilines is 1. The van der Waals surface area contributed by atoms with E-state index in [9.17, 15) is 24.1 Å². The number of rotatable bonds is 5. The number of carbonyl (C=O) groups is 2. The standard InChI is InChI=1S/C19H16FN3O4/c20-14-2-1-3-17(10-14)22-12-15(11-19(22)25)21-18(24)9-6-13-4-7-16(8-5-13)23(26)27/h1-10,15H,11-12H2,(H,21,24)/b9-6+. The molecule has 1 atom stereocenters. The maximum Gasteiger partial charge on any atom is 0.269 e. The first kappa shape index (κ1) is 18.2. The zero-order chi connectivity index (χ0) is 19.4. The van der Waals surface area contributed by atoms with Crippen molar-refractivity contribution in [2.24, 2.45) is 0 Å². The third-order valence-corrected chi connectivity index (χ3v) is 4.12. The molecule has 2 aromatic rings. The number of carbonyl (C=O) groups excluding carboxylic acids is 2. The van der Waals surface area contributed by atoms with Crippen molar-refractivity contribution in [3.8, 4) is 0 Å². The molecule has 1 fully saturated rings. The van der Waals surface area contributed by atoms with Gasteiger partial charge in [0.15, 0.2) is 0 Å². The minimum atomic E-state index is -0.498. The van der Waals surface area contributed by atoms with Crippen LogP contribution in [0.2, 0.25) is 0 Å². The molecular formula is C19H16FN3O4. The molecule has 138 valence electrons. The quantitative estimate of drug-likeness (QED) is 0.498. The smallest absolute Gasteiger partial charge is 0.269 e. The van der Waals surface area contributed by atoms with Crippen LogP contribution in [0.3, 0.4) is 0 Å². The number of nitro benzene ring substituents is 1. The molecule has 3 rings (SSSR count). The van der Waals surface area contributed by atoms with Gasteiger partial charge in [-0.2, -0.15) is 0 Å². The molecule has 1 saturated heterocycles. The molecule has 8 heteroatoms. The van der Waals surface area contributed by atoms with E-state index in [0.717, 1.165) is 0 Å². The fourth-order valence-electron chi connectivity index (χ4n) is 2.83. The molecule has 1 heterocycles. The molecule has 0 bridgehead atoms. The van der Waals surface area contributed by atoms with Crippen LogP contribution < -0.4 is 10.2 Å². The van der Waals surface area contributed by atoms with Gasteiger partial charge in [-0.15, -0.1) is 0 Å². The minimum Gasteiger partial charge on any atom is -0.347 e. The lowest BCUT2D eigenvalue weighted by Gasteiger charge is -2.17. The molecule has 0 saturated carbocycles. The Balaban J connectivity index is 1.58. The first-order valence-corrected chi connectivity index (χ1v) is 8.21. The number of nitrogens with one attached hydrogen (secondary N) is 1. The number of halogens is 1. The number of amides is 2. The van der Waals surface area contributed by atoms with Gasteiger partial charge >= 0.3 is 0 Å². The van der Waals surface area contributed by atoms with Crippen LogP contribution >= 0.6 is 0 Å². The highest BCUT2D eigenvalue weighted by Crippen LogP contribution is 2.22. The topological polar surface area (TPSA) is 92.5 Å². The van der Waals surface area contributed by atoms with Gasteiger partial charge in [0.1, 0.15) is 5.82 Å². The molecule has 2 aromatic carbocycles. The van der Waals surface area contributed by atoms with Gasteiger partial charge in [-0.3, -0.25) is 19.7 Å². The van der Waals surface area contributed by atoms with Gasteiger partial charge in [0.25, 0.3) is 5.69 Å². The Morgan fingerprint density at radius 3 is 2.67 bits per heavy atom. The average molecular weight is 369 g/mol. The van der Waals surface area contributed by atoms with E-state index in [1.165, 1.54) is 59.5 Å². The van der Waals surface area contributed by atoms with Gasteiger partial charge in [0.05, 0.1) is 11.0 Å². The summed E-state index contributed by atoms with van der Waals surface area (Å²) in [7, 11) is 0. The van der Waals surface area contributed by atoms with E-state index in [0.29, 0.717) is 11.3 Å². The molecule has 27 heavy (non-hydrogen) atoms. The van der Waals surface area contributed by atoms with Crippen LogP contribution in [0.4, 0.5) is 15.8 Å². The highest BCUT2D eigenvalue weighted by atomic mass is 19.1. The van der Waals surface area contributed by atoms with E-state index in [1.54, 1.807) is 6.07 Å². The fourth-order valence-corrected chi connectivity index (χ4v) is 2.83. The van der Waals surface area contributed by atoms with Crippen LogP contribution in [0.15, 0.2) is 54.6 Å². The van der Waals surface area contributed by atoms with Gasteiger partial charge in [-0.05, 0) is 42.0 Å². The monoisotopic (exact) mass is 369 g/mol. The molecule has 0 spiro atoms. The SMILES string of the molecule is O=C(/C=C/c1ccc([N+](=O)[O-])cc1)NC1CC(=O)N(c2cccc(F)c2)C1. The third kappa shape index (κ3) is 4.55. The highest BCUT2D eigenvalue weighted by Gasteiger charge is 2.31. The lowest BCUT2D eigenvalue weighted by molar-refractivity contribution is -0.384. The Morgan fingerprint density at radius 2 is 2.00 bits per heavy atom. The number of benzene rings is 2. The Morgan fingerprint density at radius 1 is 1.26 bits per heavy atom. The first-order chi connectivity index (χ1) is 12.9. The number of nitro groups is 1. The Labute approximate surface area is 154 Å². The van der Waals surface area contributed by atoms with Gasteiger partial charge < -0.3 is 10.2 Å². The van der Waals surface area contributed by atoms with E-state index >= 15 is 0 Å². The summed E-state index contributed by atoms with van der Waals surface area (Å²) < 4.78 is 13.3. The van der Waals surface area contributed by atoms with Crippen LogP contribution in [0.1, 0.15) is 12.0 Å². The summed E-state index contributed by atoms with van der Waals surface area (Å²) in [5.41, 5.74) is 1.07. The van der Waals surface area contributed by atoms with Crippen LogP contribution in [0.25, 0.3) is 6.08 Å². The average Bonchev–Trinajstić information content (AvgIpc) is 3.00. The van der Waals surface area contributed by atoms with Crippen LogP contribution in [-0.2, 0) is 9.59 Å². The van der Waals surface area contributed by atoms with Gasteiger partial charge in [0, 0.05) is 36.9 Å². The second-order valence-electron chi connectivity index (χ2n) is 6.08. The molecule has 0 radical (unpaired) electrons. The van der Waals surface area contributed by atoms with Crippen molar-refractivity contribution in [3.05, 3.63) is 76.1 Å². The maximum absolute atomic E-state index is 13.3. The predicted octanol–water partition coefficient (Wildman–Crippen LogP) is 2.67. The highest BCUT2D eigenvalue weighted by molar-refractivity contribution is 5.98.